The quantitative estimate of drug-likeness (QED) is 0.650. The van der Waals surface area contributed by atoms with Crippen LogP contribution < -0.4 is 5.32 Å². The number of hydrogen-bond donors (Lipinski definition) is 1. The van der Waals surface area contributed by atoms with E-state index in [1.54, 1.807) is 0 Å². The van der Waals surface area contributed by atoms with Gasteiger partial charge in [0.05, 0.1) is 0 Å². The highest BCUT2D eigenvalue weighted by Crippen LogP contribution is 2.32. The Labute approximate surface area is 89.4 Å². The third-order valence-corrected chi connectivity index (χ3v) is 3.54. The van der Waals surface area contributed by atoms with Crippen LogP contribution in [0.15, 0.2) is 0 Å². The fourth-order valence-corrected chi connectivity index (χ4v) is 2.57. The average molecular weight is 211 g/mol. The summed E-state index contributed by atoms with van der Waals surface area (Å²) in [6.07, 6.45) is 2.60. The fraction of sp³-hybridized carbons (Fsp3) is 0.818. The molecule has 1 N–H and O–H groups in total. The lowest BCUT2D eigenvalue weighted by Crippen LogP contribution is -2.47. The Morgan fingerprint density at radius 1 is 1.40 bits per heavy atom. The van der Waals surface area contributed by atoms with E-state index in [9.17, 15) is 9.59 Å². The normalized spacial score (nSPS) is 37.5. The van der Waals surface area contributed by atoms with E-state index in [1.165, 1.54) is 0 Å². The molecule has 0 bridgehead atoms. The van der Waals surface area contributed by atoms with Crippen molar-refractivity contribution in [2.75, 3.05) is 13.2 Å². The third-order valence-electron chi connectivity index (χ3n) is 3.54. The Balaban J connectivity index is 2.05. The summed E-state index contributed by atoms with van der Waals surface area (Å²) in [6.45, 7) is 3.42. The van der Waals surface area contributed by atoms with Gasteiger partial charge < -0.3 is 4.74 Å². The van der Waals surface area contributed by atoms with Crippen molar-refractivity contribution in [2.45, 2.75) is 26.2 Å². The second-order valence-electron chi connectivity index (χ2n) is 4.55. The minimum absolute atomic E-state index is 0.0607. The highest BCUT2D eigenvalue weighted by atomic mass is 16.5. The molecule has 2 heterocycles. The van der Waals surface area contributed by atoms with Gasteiger partial charge in [-0.25, -0.2) is 0 Å². The van der Waals surface area contributed by atoms with Crippen molar-refractivity contribution < 1.29 is 14.3 Å². The SMILES string of the molecule is CC1C(=O)NC(=O)CC1C1CCCOC1. The standard InChI is InChI=1S/C11H17NO3/c1-7-9(5-10(13)12-11(7)14)8-3-2-4-15-6-8/h7-9H,2-6H2,1H3,(H,12,13,14). The van der Waals surface area contributed by atoms with E-state index >= 15 is 0 Å². The minimum Gasteiger partial charge on any atom is -0.381 e. The molecule has 3 unspecified atom stereocenters. The maximum absolute atomic E-state index is 11.5. The number of carbonyl (C=O) groups is 2. The van der Waals surface area contributed by atoms with Gasteiger partial charge in [0.25, 0.3) is 0 Å². The van der Waals surface area contributed by atoms with E-state index < -0.39 is 0 Å². The maximum atomic E-state index is 11.5. The van der Waals surface area contributed by atoms with Gasteiger partial charge in [-0.1, -0.05) is 6.92 Å². The summed E-state index contributed by atoms with van der Waals surface area (Å²) in [6, 6.07) is 0. The molecule has 84 valence electrons. The highest BCUT2D eigenvalue weighted by molar-refractivity contribution is 5.98. The van der Waals surface area contributed by atoms with Crippen LogP contribution in [-0.4, -0.2) is 25.0 Å². The van der Waals surface area contributed by atoms with Gasteiger partial charge >= 0.3 is 0 Å². The molecular weight excluding hydrogens is 194 g/mol. The minimum atomic E-state index is -0.131. The number of imide groups is 1. The van der Waals surface area contributed by atoms with Crippen LogP contribution >= 0.6 is 0 Å². The lowest BCUT2D eigenvalue weighted by molar-refractivity contribution is -0.140. The zero-order valence-corrected chi connectivity index (χ0v) is 8.99. The van der Waals surface area contributed by atoms with Gasteiger partial charge in [-0.2, -0.15) is 0 Å². The van der Waals surface area contributed by atoms with Crippen LogP contribution in [-0.2, 0) is 14.3 Å². The lowest BCUT2D eigenvalue weighted by atomic mass is 9.75. The first-order valence-electron chi connectivity index (χ1n) is 5.60. The fourth-order valence-electron chi connectivity index (χ4n) is 2.57. The van der Waals surface area contributed by atoms with Crippen molar-refractivity contribution in [1.82, 2.24) is 5.32 Å². The second kappa shape index (κ2) is 4.31. The first kappa shape index (κ1) is 10.6. The summed E-state index contributed by atoms with van der Waals surface area (Å²) in [4.78, 5) is 22.8. The molecule has 2 saturated heterocycles. The Morgan fingerprint density at radius 2 is 2.20 bits per heavy atom. The number of ether oxygens (including phenoxy) is 1. The molecule has 0 saturated carbocycles. The van der Waals surface area contributed by atoms with Crippen LogP contribution in [0.25, 0.3) is 0 Å². The molecule has 2 aliphatic rings. The molecule has 2 fully saturated rings. The predicted molar refractivity (Wildman–Crippen MR) is 54.0 cm³/mol. The molecule has 0 aromatic carbocycles. The number of nitrogens with one attached hydrogen (secondary N) is 1. The number of hydrogen-bond acceptors (Lipinski definition) is 3. The molecule has 0 aromatic heterocycles. The molecule has 2 aliphatic heterocycles. The summed E-state index contributed by atoms with van der Waals surface area (Å²) in [7, 11) is 0. The van der Waals surface area contributed by atoms with Gasteiger partial charge in [0.2, 0.25) is 11.8 Å². The molecular formula is C11H17NO3. The van der Waals surface area contributed by atoms with E-state index in [2.05, 4.69) is 5.32 Å². The largest absolute Gasteiger partial charge is 0.381 e. The van der Waals surface area contributed by atoms with E-state index in [0.29, 0.717) is 18.9 Å². The van der Waals surface area contributed by atoms with Gasteiger partial charge in [0.15, 0.2) is 0 Å². The Kier molecular flexibility index (Phi) is 3.05. The average Bonchev–Trinajstić information content (AvgIpc) is 2.24. The van der Waals surface area contributed by atoms with Gasteiger partial charge in [-0.15, -0.1) is 0 Å². The first-order valence-corrected chi connectivity index (χ1v) is 5.60. The van der Waals surface area contributed by atoms with E-state index in [1.807, 2.05) is 6.92 Å². The zero-order valence-electron chi connectivity index (χ0n) is 8.99. The second-order valence-corrected chi connectivity index (χ2v) is 4.55. The zero-order chi connectivity index (χ0) is 10.8. The van der Waals surface area contributed by atoms with Gasteiger partial charge in [-0.05, 0) is 24.7 Å². The summed E-state index contributed by atoms with van der Waals surface area (Å²) in [5.74, 6) is 0.236. The number of piperidine rings is 1. The monoisotopic (exact) mass is 211 g/mol. The molecule has 4 heteroatoms. The van der Waals surface area contributed by atoms with Crippen molar-refractivity contribution in [2.24, 2.45) is 17.8 Å². The third kappa shape index (κ3) is 2.20. The molecule has 3 atom stereocenters. The summed E-state index contributed by atoms with van der Waals surface area (Å²) in [5, 5.41) is 2.38. The molecule has 0 aromatic rings. The Bertz CT molecular complexity index is 271. The topological polar surface area (TPSA) is 55.4 Å². The molecule has 0 radical (unpaired) electrons. The van der Waals surface area contributed by atoms with E-state index in [0.717, 1.165) is 19.4 Å². The predicted octanol–water partition coefficient (Wildman–Crippen LogP) is 0.712. The summed E-state index contributed by atoms with van der Waals surface area (Å²) < 4.78 is 5.41. The number of rotatable bonds is 1. The number of carbonyl (C=O) groups excluding carboxylic acids is 2. The van der Waals surface area contributed by atoms with Crippen LogP contribution in [0.4, 0.5) is 0 Å². The van der Waals surface area contributed by atoms with Crippen LogP contribution in [0.2, 0.25) is 0 Å². The van der Waals surface area contributed by atoms with Gasteiger partial charge in [0, 0.05) is 25.6 Å². The van der Waals surface area contributed by atoms with Gasteiger partial charge in [0.1, 0.15) is 0 Å². The van der Waals surface area contributed by atoms with Crippen LogP contribution in [0.1, 0.15) is 26.2 Å². The van der Waals surface area contributed by atoms with Crippen molar-refractivity contribution >= 4 is 11.8 Å². The van der Waals surface area contributed by atoms with Crippen molar-refractivity contribution in [3.8, 4) is 0 Å². The number of amides is 2. The first-order chi connectivity index (χ1) is 7.18. The summed E-state index contributed by atoms with van der Waals surface area (Å²) in [5.41, 5.74) is 0. The Morgan fingerprint density at radius 3 is 2.87 bits per heavy atom. The van der Waals surface area contributed by atoms with Crippen LogP contribution in [0, 0.1) is 17.8 Å². The smallest absolute Gasteiger partial charge is 0.229 e. The van der Waals surface area contributed by atoms with Crippen molar-refractivity contribution in [3.05, 3.63) is 0 Å². The molecule has 2 rings (SSSR count). The van der Waals surface area contributed by atoms with Crippen LogP contribution in [0.5, 0.6) is 0 Å². The summed E-state index contributed by atoms with van der Waals surface area (Å²) >= 11 is 0. The van der Waals surface area contributed by atoms with Gasteiger partial charge in [-0.3, -0.25) is 14.9 Å². The molecule has 4 nitrogen and oxygen atoms in total. The molecule has 0 spiro atoms. The van der Waals surface area contributed by atoms with E-state index in [4.69, 9.17) is 4.74 Å². The lowest BCUT2D eigenvalue weighted by Gasteiger charge is -2.35. The highest BCUT2D eigenvalue weighted by Gasteiger charge is 2.37. The molecule has 15 heavy (non-hydrogen) atoms. The van der Waals surface area contributed by atoms with Crippen LogP contribution in [0.3, 0.4) is 0 Å². The van der Waals surface area contributed by atoms with Crippen molar-refractivity contribution in [1.29, 1.82) is 0 Å². The molecule has 0 aliphatic carbocycles. The maximum Gasteiger partial charge on any atom is 0.229 e. The van der Waals surface area contributed by atoms with E-state index in [-0.39, 0.29) is 23.7 Å². The Hall–Kier alpha value is -0.900. The molecule has 2 amide bonds. The van der Waals surface area contributed by atoms with Crippen molar-refractivity contribution in [3.63, 3.8) is 0 Å².